The van der Waals surface area contributed by atoms with Crippen LogP contribution in [0, 0.1) is 5.92 Å². The van der Waals surface area contributed by atoms with E-state index >= 15 is 0 Å². The highest BCUT2D eigenvalue weighted by Crippen LogP contribution is 2.12. The van der Waals surface area contributed by atoms with Crippen molar-refractivity contribution in [1.82, 2.24) is 4.90 Å². The first-order chi connectivity index (χ1) is 6.49. The fraction of sp³-hybridized carbons (Fsp3) is 0.909. The number of carboxylic acid groups (broad SMARTS) is 1. The summed E-state index contributed by atoms with van der Waals surface area (Å²) in [6.45, 7) is 7.50. The van der Waals surface area contributed by atoms with Crippen LogP contribution in [0.1, 0.15) is 40.0 Å². The Labute approximate surface area is 87.1 Å². The highest BCUT2D eigenvalue weighted by molar-refractivity contribution is 5.66. The quantitative estimate of drug-likeness (QED) is 0.686. The summed E-state index contributed by atoms with van der Waals surface area (Å²) in [5.74, 6) is -0.0283. The van der Waals surface area contributed by atoms with Gasteiger partial charge in [-0.3, -0.25) is 4.79 Å². The molecule has 0 radical (unpaired) electrons. The predicted molar refractivity (Wildman–Crippen MR) is 58.4 cm³/mol. The van der Waals surface area contributed by atoms with Crippen molar-refractivity contribution in [3.63, 3.8) is 0 Å². The third-order valence-corrected chi connectivity index (χ3v) is 3.06. The minimum atomic E-state index is -0.699. The van der Waals surface area contributed by atoms with Crippen LogP contribution in [-0.4, -0.2) is 35.6 Å². The molecule has 0 aromatic carbocycles. The van der Waals surface area contributed by atoms with E-state index in [0.29, 0.717) is 12.0 Å². The molecule has 3 heteroatoms. The van der Waals surface area contributed by atoms with Crippen molar-refractivity contribution in [2.24, 2.45) is 5.92 Å². The zero-order valence-electron chi connectivity index (χ0n) is 9.79. The lowest BCUT2D eigenvalue weighted by atomic mass is 9.99. The average molecular weight is 201 g/mol. The maximum atomic E-state index is 10.3. The van der Waals surface area contributed by atoms with E-state index in [-0.39, 0.29) is 6.42 Å². The van der Waals surface area contributed by atoms with Gasteiger partial charge in [-0.2, -0.15) is 0 Å². The van der Waals surface area contributed by atoms with Gasteiger partial charge in [0, 0.05) is 12.5 Å². The summed E-state index contributed by atoms with van der Waals surface area (Å²) in [5, 5.41) is 8.50. The Morgan fingerprint density at radius 3 is 2.43 bits per heavy atom. The Balaban J connectivity index is 3.72. The molecule has 0 aromatic heterocycles. The summed E-state index contributed by atoms with van der Waals surface area (Å²) in [4.78, 5) is 12.6. The highest BCUT2D eigenvalue weighted by Gasteiger charge is 2.14. The Hall–Kier alpha value is -0.570. The van der Waals surface area contributed by atoms with E-state index in [1.165, 1.54) is 6.42 Å². The van der Waals surface area contributed by atoms with Gasteiger partial charge in [0.25, 0.3) is 0 Å². The largest absolute Gasteiger partial charge is 0.481 e. The van der Waals surface area contributed by atoms with Gasteiger partial charge in [-0.25, -0.2) is 0 Å². The van der Waals surface area contributed by atoms with Crippen LogP contribution >= 0.6 is 0 Å². The minimum Gasteiger partial charge on any atom is -0.481 e. The molecule has 0 bridgehead atoms. The van der Waals surface area contributed by atoms with Crippen LogP contribution in [0.15, 0.2) is 0 Å². The van der Waals surface area contributed by atoms with Crippen LogP contribution in [0.3, 0.4) is 0 Å². The standard InChI is InChI=1S/C11H23NO2/c1-5-9(2)10(3)12(4)8-6-7-11(13)14/h9-10H,5-8H2,1-4H3,(H,13,14). The molecule has 3 nitrogen and oxygen atoms in total. The van der Waals surface area contributed by atoms with E-state index in [4.69, 9.17) is 5.11 Å². The Bertz CT molecular complexity index is 171. The highest BCUT2D eigenvalue weighted by atomic mass is 16.4. The summed E-state index contributed by atoms with van der Waals surface area (Å²) in [6.07, 6.45) is 2.19. The molecule has 0 aromatic rings. The number of aliphatic carboxylic acids is 1. The smallest absolute Gasteiger partial charge is 0.303 e. The van der Waals surface area contributed by atoms with Crippen LogP contribution in [0.4, 0.5) is 0 Å². The molecule has 1 N–H and O–H groups in total. The number of rotatable bonds is 7. The van der Waals surface area contributed by atoms with Crippen LogP contribution in [-0.2, 0) is 4.79 Å². The summed E-state index contributed by atoms with van der Waals surface area (Å²) in [7, 11) is 2.07. The van der Waals surface area contributed by atoms with E-state index in [1.807, 2.05) is 0 Å². The first kappa shape index (κ1) is 13.4. The van der Waals surface area contributed by atoms with Crippen LogP contribution in [0.5, 0.6) is 0 Å². The zero-order valence-corrected chi connectivity index (χ0v) is 9.79. The molecule has 14 heavy (non-hydrogen) atoms. The van der Waals surface area contributed by atoms with E-state index in [0.717, 1.165) is 13.0 Å². The molecule has 84 valence electrons. The number of hydrogen-bond donors (Lipinski definition) is 1. The van der Waals surface area contributed by atoms with Crippen molar-refractivity contribution in [3.8, 4) is 0 Å². The molecule has 0 aliphatic carbocycles. The summed E-state index contributed by atoms with van der Waals surface area (Å²) in [5.41, 5.74) is 0. The van der Waals surface area contributed by atoms with Gasteiger partial charge in [0.2, 0.25) is 0 Å². The second kappa shape index (κ2) is 6.82. The van der Waals surface area contributed by atoms with Crippen molar-refractivity contribution >= 4 is 5.97 Å². The lowest BCUT2D eigenvalue weighted by Crippen LogP contribution is -2.35. The number of carboxylic acids is 1. The van der Waals surface area contributed by atoms with Crippen LogP contribution in [0.2, 0.25) is 0 Å². The fourth-order valence-corrected chi connectivity index (χ4v) is 1.46. The number of nitrogens with zero attached hydrogens (tertiary/aromatic N) is 1. The van der Waals surface area contributed by atoms with Gasteiger partial charge in [-0.05, 0) is 32.9 Å². The van der Waals surface area contributed by atoms with Crippen molar-refractivity contribution in [1.29, 1.82) is 0 Å². The normalized spacial score (nSPS) is 15.5. The van der Waals surface area contributed by atoms with E-state index in [1.54, 1.807) is 0 Å². The van der Waals surface area contributed by atoms with E-state index in [9.17, 15) is 4.79 Å². The molecule has 0 saturated heterocycles. The molecule has 0 fully saturated rings. The van der Waals surface area contributed by atoms with Gasteiger partial charge >= 0.3 is 5.97 Å². The fourth-order valence-electron chi connectivity index (χ4n) is 1.46. The average Bonchev–Trinajstić information content (AvgIpc) is 2.14. The molecule has 2 atom stereocenters. The lowest BCUT2D eigenvalue weighted by molar-refractivity contribution is -0.137. The van der Waals surface area contributed by atoms with Gasteiger partial charge in [-0.1, -0.05) is 20.3 Å². The van der Waals surface area contributed by atoms with Crippen molar-refractivity contribution in [2.75, 3.05) is 13.6 Å². The SMILES string of the molecule is CCC(C)C(C)N(C)CCCC(=O)O. The Morgan fingerprint density at radius 2 is 2.00 bits per heavy atom. The van der Waals surface area contributed by atoms with E-state index < -0.39 is 5.97 Å². The number of hydrogen-bond acceptors (Lipinski definition) is 2. The summed E-state index contributed by atoms with van der Waals surface area (Å²) in [6, 6.07) is 0.536. The first-order valence-electron chi connectivity index (χ1n) is 5.41. The van der Waals surface area contributed by atoms with Gasteiger partial charge in [0.15, 0.2) is 0 Å². The maximum absolute atomic E-state index is 10.3. The van der Waals surface area contributed by atoms with Crippen molar-refractivity contribution in [3.05, 3.63) is 0 Å². The molecule has 0 amide bonds. The summed E-state index contributed by atoms with van der Waals surface area (Å²) >= 11 is 0. The molecular weight excluding hydrogens is 178 g/mol. The Morgan fingerprint density at radius 1 is 1.43 bits per heavy atom. The predicted octanol–water partition coefficient (Wildman–Crippen LogP) is 2.22. The topological polar surface area (TPSA) is 40.5 Å². The van der Waals surface area contributed by atoms with E-state index in [2.05, 4.69) is 32.7 Å². The molecule has 0 rings (SSSR count). The number of carbonyl (C=O) groups is 1. The summed E-state index contributed by atoms with van der Waals surface area (Å²) < 4.78 is 0. The maximum Gasteiger partial charge on any atom is 0.303 e. The molecule has 0 saturated carbocycles. The first-order valence-corrected chi connectivity index (χ1v) is 5.41. The second-order valence-electron chi connectivity index (χ2n) is 4.10. The molecule has 0 spiro atoms. The van der Waals surface area contributed by atoms with Gasteiger partial charge in [0.05, 0.1) is 0 Å². The third-order valence-electron chi connectivity index (χ3n) is 3.06. The van der Waals surface area contributed by atoms with Crippen molar-refractivity contribution in [2.45, 2.75) is 46.1 Å². The lowest BCUT2D eigenvalue weighted by Gasteiger charge is -2.29. The Kier molecular flexibility index (Phi) is 6.54. The third kappa shape index (κ3) is 5.22. The molecular formula is C11H23NO2. The van der Waals surface area contributed by atoms with Crippen LogP contribution < -0.4 is 0 Å². The monoisotopic (exact) mass is 201 g/mol. The van der Waals surface area contributed by atoms with Gasteiger partial charge < -0.3 is 10.0 Å². The van der Waals surface area contributed by atoms with Crippen LogP contribution in [0.25, 0.3) is 0 Å². The van der Waals surface area contributed by atoms with Crippen molar-refractivity contribution < 1.29 is 9.90 Å². The van der Waals surface area contributed by atoms with Gasteiger partial charge in [-0.15, -0.1) is 0 Å². The molecule has 0 aliphatic rings. The minimum absolute atomic E-state index is 0.275. The molecule has 0 heterocycles. The second-order valence-corrected chi connectivity index (χ2v) is 4.10. The zero-order chi connectivity index (χ0) is 11.1. The molecule has 2 unspecified atom stereocenters. The van der Waals surface area contributed by atoms with Gasteiger partial charge in [0.1, 0.15) is 0 Å². The molecule has 0 aliphatic heterocycles.